The van der Waals surface area contributed by atoms with E-state index in [1.165, 1.54) is 18.9 Å². The third-order valence-corrected chi connectivity index (χ3v) is 5.93. The predicted molar refractivity (Wildman–Crippen MR) is 123 cm³/mol. The van der Waals surface area contributed by atoms with Crippen LogP contribution in [0.15, 0.2) is 88.7 Å². The van der Waals surface area contributed by atoms with Crippen molar-refractivity contribution in [3.05, 3.63) is 90.1 Å². The van der Waals surface area contributed by atoms with E-state index in [0.29, 0.717) is 22.9 Å². The largest absolute Gasteiger partial charge is 0.497 e. The number of para-hydroxylation sites is 1. The fourth-order valence-electron chi connectivity index (χ4n) is 3.16. The highest BCUT2D eigenvalue weighted by atomic mass is 32.2. The van der Waals surface area contributed by atoms with Crippen molar-refractivity contribution in [1.29, 1.82) is 0 Å². The van der Waals surface area contributed by atoms with Gasteiger partial charge in [0.05, 0.1) is 30.5 Å². The molecule has 0 saturated heterocycles. The highest BCUT2D eigenvalue weighted by molar-refractivity contribution is 7.99. The smallest absolute Gasteiger partial charge is 0.348 e. The Balaban J connectivity index is 1.77. The van der Waals surface area contributed by atoms with Crippen molar-refractivity contribution in [2.24, 2.45) is 0 Å². The van der Waals surface area contributed by atoms with Crippen LogP contribution in [-0.4, -0.2) is 30.0 Å². The van der Waals surface area contributed by atoms with Crippen LogP contribution in [0.4, 0.5) is 0 Å². The van der Waals surface area contributed by atoms with Crippen LogP contribution < -0.4 is 14.2 Å². The maximum atomic E-state index is 13.2. The molecule has 0 atom stereocenters. The van der Waals surface area contributed by atoms with E-state index in [2.05, 4.69) is 5.10 Å². The van der Waals surface area contributed by atoms with Crippen LogP contribution in [0.1, 0.15) is 16.1 Å². The first-order valence-corrected chi connectivity index (χ1v) is 10.7. The summed E-state index contributed by atoms with van der Waals surface area (Å²) in [4.78, 5) is 15.0. The van der Waals surface area contributed by atoms with Crippen LogP contribution in [0.25, 0.3) is 5.69 Å². The van der Waals surface area contributed by atoms with Gasteiger partial charge in [0.15, 0.2) is 0 Å². The summed E-state index contributed by atoms with van der Waals surface area (Å²) in [5.74, 6) is 0.764. The molecule has 0 bridgehead atoms. The summed E-state index contributed by atoms with van der Waals surface area (Å²) in [6.45, 7) is 1.90. The van der Waals surface area contributed by atoms with Crippen LogP contribution >= 0.6 is 11.8 Å². The Bertz CT molecular complexity index is 1220. The molecule has 0 spiro atoms. The molecule has 6 nitrogen and oxygen atoms in total. The molecule has 0 amide bonds. The van der Waals surface area contributed by atoms with E-state index in [0.717, 1.165) is 21.2 Å². The van der Waals surface area contributed by atoms with Gasteiger partial charge >= 0.3 is 5.97 Å². The summed E-state index contributed by atoms with van der Waals surface area (Å²) < 4.78 is 18.2. The molecule has 7 heteroatoms. The molecule has 32 heavy (non-hydrogen) atoms. The van der Waals surface area contributed by atoms with Crippen LogP contribution in [0, 0.1) is 6.92 Å². The Morgan fingerprint density at radius 2 is 1.59 bits per heavy atom. The van der Waals surface area contributed by atoms with Crippen molar-refractivity contribution in [1.82, 2.24) is 9.78 Å². The summed E-state index contributed by atoms with van der Waals surface area (Å²) in [6, 6.07) is 24.4. The number of benzene rings is 3. The van der Waals surface area contributed by atoms with Gasteiger partial charge in [-0.25, -0.2) is 4.79 Å². The zero-order chi connectivity index (χ0) is 22.5. The standard InChI is InChI=1S/C25H22N2O4S/c1-17-23(32-20-12-8-5-9-13-20)24(27(26-17)18-10-6-4-7-11-18)31-25(28)21-15-14-19(29-2)16-22(21)30-3/h4-16H,1-3H3. The minimum absolute atomic E-state index is 0.294. The lowest BCUT2D eigenvalue weighted by Crippen LogP contribution is -2.13. The van der Waals surface area contributed by atoms with Crippen molar-refractivity contribution in [2.75, 3.05) is 14.2 Å². The third-order valence-electron chi connectivity index (χ3n) is 4.75. The maximum absolute atomic E-state index is 13.2. The van der Waals surface area contributed by atoms with Crippen LogP contribution in [0.2, 0.25) is 0 Å². The number of methoxy groups -OCH3 is 2. The normalized spacial score (nSPS) is 10.6. The minimum atomic E-state index is -0.545. The summed E-state index contributed by atoms with van der Waals surface area (Å²) >= 11 is 1.50. The number of carbonyl (C=O) groups excluding carboxylic acids is 1. The summed E-state index contributed by atoms with van der Waals surface area (Å²) in [5, 5.41) is 4.66. The van der Waals surface area contributed by atoms with Gasteiger partial charge in [-0.1, -0.05) is 48.2 Å². The van der Waals surface area contributed by atoms with Crippen molar-refractivity contribution in [2.45, 2.75) is 16.7 Å². The second-order valence-electron chi connectivity index (χ2n) is 6.84. The van der Waals surface area contributed by atoms with Gasteiger partial charge in [0.1, 0.15) is 17.1 Å². The first-order chi connectivity index (χ1) is 15.6. The van der Waals surface area contributed by atoms with Crippen molar-refractivity contribution >= 4 is 17.7 Å². The fraction of sp³-hybridized carbons (Fsp3) is 0.120. The van der Waals surface area contributed by atoms with E-state index in [1.54, 1.807) is 30.0 Å². The van der Waals surface area contributed by atoms with Gasteiger partial charge in [-0.3, -0.25) is 0 Å². The number of aromatic nitrogens is 2. The lowest BCUT2D eigenvalue weighted by atomic mass is 10.2. The number of esters is 1. The predicted octanol–water partition coefficient (Wildman–Crippen LogP) is 5.57. The van der Waals surface area contributed by atoms with E-state index in [4.69, 9.17) is 14.2 Å². The Hall–Kier alpha value is -3.71. The number of hydrogen-bond donors (Lipinski definition) is 0. The number of rotatable bonds is 7. The second kappa shape index (κ2) is 9.62. The Morgan fingerprint density at radius 1 is 0.906 bits per heavy atom. The van der Waals surface area contributed by atoms with Crippen LogP contribution in [-0.2, 0) is 0 Å². The zero-order valence-corrected chi connectivity index (χ0v) is 18.8. The van der Waals surface area contributed by atoms with Gasteiger partial charge in [0.25, 0.3) is 0 Å². The SMILES string of the molecule is COc1ccc(C(=O)Oc2c(Sc3ccccc3)c(C)nn2-c2ccccc2)c(OC)c1. The Morgan fingerprint density at radius 3 is 2.25 bits per heavy atom. The lowest BCUT2D eigenvalue weighted by Gasteiger charge is -2.12. The number of ether oxygens (including phenoxy) is 3. The minimum Gasteiger partial charge on any atom is -0.497 e. The molecule has 0 radical (unpaired) electrons. The number of nitrogens with zero attached hydrogens (tertiary/aromatic N) is 2. The van der Waals surface area contributed by atoms with Crippen LogP contribution in [0.3, 0.4) is 0 Å². The van der Waals surface area contributed by atoms with Gasteiger partial charge < -0.3 is 14.2 Å². The molecule has 0 fully saturated rings. The van der Waals surface area contributed by atoms with Crippen molar-refractivity contribution in [3.8, 4) is 23.1 Å². The summed E-state index contributed by atoms with van der Waals surface area (Å²) in [5.41, 5.74) is 1.84. The topological polar surface area (TPSA) is 62.6 Å². The molecule has 0 aliphatic heterocycles. The van der Waals surface area contributed by atoms with Gasteiger partial charge in [0.2, 0.25) is 5.88 Å². The monoisotopic (exact) mass is 446 g/mol. The number of hydrogen-bond acceptors (Lipinski definition) is 6. The lowest BCUT2D eigenvalue weighted by molar-refractivity contribution is 0.0715. The molecular formula is C25H22N2O4S. The van der Waals surface area contributed by atoms with Crippen molar-refractivity contribution in [3.63, 3.8) is 0 Å². The average molecular weight is 447 g/mol. The van der Waals surface area contributed by atoms with Crippen LogP contribution in [0.5, 0.6) is 17.4 Å². The second-order valence-corrected chi connectivity index (χ2v) is 7.92. The maximum Gasteiger partial charge on any atom is 0.348 e. The molecule has 0 unspecified atom stereocenters. The van der Waals surface area contributed by atoms with E-state index in [9.17, 15) is 4.79 Å². The fourth-order valence-corrected chi connectivity index (χ4v) is 4.09. The Kier molecular flexibility index (Phi) is 6.47. The highest BCUT2D eigenvalue weighted by Crippen LogP contribution is 2.39. The van der Waals surface area contributed by atoms with Gasteiger partial charge in [-0.05, 0) is 43.3 Å². The molecule has 0 aliphatic rings. The molecule has 0 saturated carbocycles. The quantitative estimate of drug-likeness (QED) is 0.346. The zero-order valence-electron chi connectivity index (χ0n) is 17.9. The molecule has 1 aromatic heterocycles. The molecule has 0 aliphatic carbocycles. The van der Waals surface area contributed by atoms with Gasteiger partial charge in [-0.15, -0.1) is 0 Å². The Labute approximate surface area is 190 Å². The average Bonchev–Trinajstić information content (AvgIpc) is 3.14. The third kappa shape index (κ3) is 4.48. The number of aryl methyl sites for hydroxylation is 1. The summed E-state index contributed by atoms with van der Waals surface area (Å²) in [6.07, 6.45) is 0. The first-order valence-electron chi connectivity index (χ1n) is 9.93. The van der Waals surface area contributed by atoms with Gasteiger partial charge in [-0.2, -0.15) is 9.78 Å². The van der Waals surface area contributed by atoms with E-state index in [1.807, 2.05) is 67.6 Å². The summed E-state index contributed by atoms with van der Waals surface area (Å²) in [7, 11) is 3.06. The van der Waals surface area contributed by atoms with E-state index < -0.39 is 5.97 Å². The molecular weight excluding hydrogens is 424 g/mol. The molecule has 1 heterocycles. The molecule has 4 aromatic rings. The van der Waals surface area contributed by atoms with E-state index in [-0.39, 0.29) is 0 Å². The molecule has 162 valence electrons. The molecule has 0 N–H and O–H groups in total. The first kappa shape index (κ1) is 21.5. The molecule has 3 aromatic carbocycles. The van der Waals surface area contributed by atoms with Gasteiger partial charge in [0, 0.05) is 11.0 Å². The number of carbonyl (C=O) groups is 1. The van der Waals surface area contributed by atoms with Crippen molar-refractivity contribution < 1.29 is 19.0 Å². The molecule has 4 rings (SSSR count). The van der Waals surface area contributed by atoms with E-state index >= 15 is 0 Å². The highest BCUT2D eigenvalue weighted by Gasteiger charge is 2.24.